The maximum atomic E-state index is 9.64. The van der Waals surface area contributed by atoms with E-state index in [0.29, 0.717) is 13.2 Å². The lowest BCUT2D eigenvalue weighted by atomic mass is 9.93. The summed E-state index contributed by atoms with van der Waals surface area (Å²) in [5.74, 6) is 0. The highest BCUT2D eigenvalue weighted by Gasteiger charge is 2.22. The molecule has 4 rings (SSSR count). The minimum absolute atomic E-state index is 0.0369. The van der Waals surface area contributed by atoms with Crippen LogP contribution in [0.5, 0.6) is 0 Å². The van der Waals surface area contributed by atoms with Gasteiger partial charge in [0.05, 0.1) is 18.8 Å². The van der Waals surface area contributed by atoms with Crippen LogP contribution in [0.1, 0.15) is 12.5 Å². The van der Waals surface area contributed by atoms with E-state index in [9.17, 15) is 5.11 Å². The van der Waals surface area contributed by atoms with Gasteiger partial charge in [0.25, 0.3) is 0 Å². The molecule has 2 N–H and O–H groups in total. The Labute approximate surface area is 147 Å². The summed E-state index contributed by atoms with van der Waals surface area (Å²) in [6, 6.07) is 19.7. The molecule has 0 aromatic heterocycles. The van der Waals surface area contributed by atoms with Crippen LogP contribution in [0.2, 0.25) is 0 Å². The standard InChI is InChI=1S/C22H23NO2/c1-22(13-24,14-25-2)23-12-15-10-18-8-6-16-4-3-5-17-7-9-19(11-15)21(18)20(16)17/h3-11,23-24H,12-14H2,1-2H3. The summed E-state index contributed by atoms with van der Waals surface area (Å²) in [5.41, 5.74) is 0.773. The molecule has 1 unspecified atom stereocenters. The van der Waals surface area contributed by atoms with E-state index < -0.39 is 5.54 Å². The molecule has 0 radical (unpaired) electrons. The summed E-state index contributed by atoms with van der Waals surface area (Å²) < 4.78 is 5.22. The number of nitrogens with one attached hydrogen (secondary N) is 1. The van der Waals surface area contributed by atoms with Crippen LogP contribution in [0.25, 0.3) is 32.3 Å². The van der Waals surface area contributed by atoms with Crippen molar-refractivity contribution in [2.75, 3.05) is 20.3 Å². The molecule has 0 spiro atoms. The highest BCUT2D eigenvalue weighted by atomic mass is 16.5. The van der Waals surface area contributed by atoms with E-state index in [1.165, 1.54) is 37.9 Å². The first kappa shape index (κ1) is 16.3. The zero-order valence-electron chi connectivity index (χ0n) is 14.7. The van der Waals surface area contributed by atoms with Crippen molar-refractivity contribution in [3.8, 4) is 0 Å². The zero-order valence-corrected chi connectivity index (χ0v) is 14.7. The topological polar surface area (TPSA) is 41.5 Å². The van der Waals surface area contributed by atoms with Crippen molar-refractivity contribution < 1.29 is 9.84 Å². The number of hydrogen-bond donors (Lipinski definition) is 2. The quantitative estimate of drug-likeness (QED) is 0.523. The number of aliphatic hydroxyl groups excluding tert-OH is 1. The fourth-order valence-corrected chi connectivity index (χ4v) is 3.71. The van der Waals surface area contributed by atoms with Gasteiger partial charge in [0.15, 0.2) is 0 Å². The van der Waals surface area contributed by atoms with Crippen LogP contribution < -0.4 is 5.32 Å². The zero-order chi connectivity index (χ0) is 17.4. The Morgan fingerprint density at radius 1 is 0.920 bits per heavy atom. The molecule has 128 valence electrons. The van der Waals surface area contributed by atoms with E-state index in [1.807, 2.05) is 6.92 Å². The average Bonchev–Trinajstić information content (AvgIpc) is 2.64. The molecular weight excluding hydrogens is 310 g/mol. The average molecular weight is 333 g/mol. The number of methoxy groups -OCH3 is 1. The molecule has 25 heavy (non-hydrogen) atoms. The molecule has 4 aromatic rings. The van der Waals surface area contributed by atoms with Gasteiger partial charge < -0.3 is 15.2 Å². The molecule has 0 aliphatic rings. The first-order valence-corrected chi connectivity index (χ1v) is 8.65. The maximum absolute atomic E-state index is 9.64. The Balaban J connectivity index is 1.77. The number of hydrogen-bond acceptors (Lipinski definition) is 3. The molecule has 0 heterocycles. The van der Waals surface area contributed by atoms with Crippen molar-refractivity contribution in [2.24, 2.45) is 0 Å². The van der Waals surface area contributed by atoms with E-state index in [1.54, 1.807) is 7.11 Å². The Morgan fingerprint density at radius 2 is 1.48 bits per heavy atom. The van der Waals surface area contributed by atoms with E-state index in [4.69, 9.17) is 4.74 Å². The third-order valence-corrected chi connectivity index (χ3v) is 5.05. The summed E-state index contributed by atoms with van der Waals surface area (Å²) in [4.78, 5) is 0. The molecule has 0 amide bonds. The van der Waals surface area contributed by atoms with Gasteiger partial charge >= 0.3 is 0 Å². The Hall–Kier alpha value is -2.20. The highest BCUT2D eigenvalue weighted by molar-refractivity contribution is 6.23. The summed E-state index contributed by atoms with van der Waals surface area (Å²) in [7, 11) is 1.66. The second-order valence-electron chi connectivity index (χ2n) is 7.13. The van der Waals surface area contributed by atoms with Gasteiger partial charge in [0.2, 0.25) is 0 Å². The molecule has 4 aromatic carbocycles. The van der Waals surface area contributed by atoms with Gasteiger partial charge in [0, 0.05) is 13.7 Å². The van der Waals surface area contributed by atoms with Crippen molar-refractivity contribution in [1.29, 1.82) is 0 Å². The molecule has 0 aliphatic heterocycles. The van der Waals surface area contributed by atoms with E-state index in [-0.39, 0.29) is 6.61 Å². The Bertz CT molecular complexity index is 963. The van der Waals surface area contributed by atoms with E-state index >= 15 is 0 Å². The van der Waals surface area contributed by atoms with Crippen molar-refractivity contribution >= 4 is 32.3 Å². The van der Waals surface area contributed by atoms with Gasteiger partial charge in [-0.2, -0.15) is 0 Å². The molecular formula is C22H23NO2. The van der Waals surface area contributed by atoms with Crippen LogP contribution in [0.4, 0.5) is 0 Å². The lowest BCUT2D eigenvalue weighted by molar-refractivity contribution is 0.0723. The van der Waals surface area contributed by atoms with Crippen LogP contribution in [-0.2, 0) is 11.3 Å². The largest absolute Gasteiger partial charge is 0.394 e. The van der Waals surface area contributed by atoms with Crippen molar-refractivity contribution in [3.63, 3.8) is 0 Å². The third-order valence-electron chi connectivity index (χ3n) is 5.05. The number of aliphatic hydroxyl groups is 1. The van der Waals surface area contributed by atoms with Crippen LogP contribution in [0, 0.1) is 0 Å². The smallest absolute Gasteiger partial charge is 0.0664 e. The summed E-state index contributed by atoms with van der Waals surface area (Å²) in [6.07, 6.45) is 0. The lowest BCUT2D eigenvalue weighted by Crippen LogP contribution is -2.49. The SMILES string of the molecule is COCC(C)(CO)NCc1cc2ccc3cccc4ccc(c1)c2c34. The summed E-state index contributed by atoms with van der Waals surface area (Å²) >= 11 is 0. The van der Waals surface area contributed by atoms with Crippen LogP contribution in [0.3, 0.4) is 0 Å². The second kappa shape index (κ2) is 6.26. The lowest BCUT2D eigenvalue weighted by Gasteiger charge is -2.28. The molecule has 0 fully saturated rings. The van der Waals surface area contributed by atoms with Gasteiger partial charge in [-0.25, -0.2) is 0 Å². The monoisotopic (exact) mass is 333 g/mol. The van der Waals surface area contributed by atoms with E-state index in [2.05, 4.69) is 59.9 Å². The van der Waals surface area contributed by atoms with Gasteiger partial charge in [-0.05, 0) is 56.9 Å². The molecule has 0 saturated heterocycles. The molecule has 0 bridgehead atoms. The molecule has 0 aliphatic carbocycles. The predicted molar refractivity (Wildman–Crippen MR) is 104 cm³/mol. The second-order valence-corrected chi connectivity index (χ2v) is 7.13. The fourth-order valence-electron chi connectivity index (χ4n) is 3.71. The number of ether oxygens (including phenoxy) is 1. The Morgan fingerprint density at radius 3 is 2.04 bits per heavy atom. The highest BCUT2D eigenvalue weighted by Crippen LogP contribution is 2.35. The first-order chi connectivity index (χ1) is 12.1. The normalized spacial score (nSPS) is 14.5. The third kappa shape index (κ3) is 2.85. The van der Waals surface area contributed by atoms with Gasteiger partial charge in [-0.15, -0.1) is 0 Å². The van der Waals surface area contributed by atoms with Gasteiger partial charge in [-0.3, -0.25) is 0 Å². The Kier molecular flexibility index (Phi) is 4.08. The predicted octanol–water partition coefficient (Wildman–Crippen LogP) is 4.07. The van der Waals surface area contributed by atoms with Crippen molar-refractivity contribution in [3.05, 3.63) is 60.2 Å². The van der Waals surface area contributed by atoms with Gasteiger partial charge in [0.1, 0.15) is 0 Å². The minimum Gasteiger partial charge on any atom is -0.394 e. The van der Waals surface area contributed by atoms with Crippen LogP contribution in [0.15, 0.2) is 54.6 Å². The van der Waals surface area contributed by atoms with Crippen molar-refractivity contribution in [1.82, 2.24) is 5.32 Å². The van der Waals surface area contributed by atoms with Crippen LogP contribution in [-0.4, -0.2) is 31.0 Å². The maximum Gasteiger partial charge on any atom is 0.0664 e. The molecule has 1 atom stereocenters. The summed E-state index contributed by atoms with van der Waals surface area (Å²) in [6.45, 7) is 3.17. The number of benzene rings is 4. The van der Waals surface area contributed by atoms with Crippen LogP contribution >= 0.6 is 0 Å². The molecule has 0 saturated carbocycles. The number of rotatable bonds is 6. The molecule has 3 nitrogen and oxygen atoms in total. The minimum atomic E-state index is -0.437. The fraction of sp³-hybridized carbons (Fsp3) is 0.273. The van der Waals surface area contributed by atoms with Gasteiger partial charge in [-0.1, -0.05) is 42.5 Å². The first-order valence-electron chi connectivity index (χ1n) is 8.65. The summed E-state index contributed by atoms with van der Waals surface area (Å²) in [5, 5.41) is 20.8. The molecule has 3 heteroatoms. The van der Waals surface area contributed by atoms with Crippen molar-refractivity contribution in [2.45, 2.75) is 19.0 Å². The van der Waals surface area contributed by atoms with E-state index in [0.717, 1.165) is 0 Å².